The van der Waals surface area contributed by atoms with Gasteiger partial charge in [0, 0.05) is 14.1 Å². The van der Waals surface area contributed by atoms with Crippen molar-refractivity contribution in [3.05, 3.63) is 51.1 Å². The number of aliphatic hydroxyl groups is 1. The Morgan fingerprint density at radius 3 is 2.33 bits per heavy atom. The minimum absolute atomic E-state index is 0.0813. The molecule has 0 saturated heterocycles. The van der Waals surface area contributed by atoms with Crippen LogP contribution >= 0.6 is 0 Å². The fourth-order valence-electron chi connectivity index (χ4n) is 2.74. The summed E-state index contributed by atoms with van der Waals surface area (Å²) in [6, 6.07) is 3.60. The van der Waals surface area contributed by atoms with Crippen molar-refractivity contribution in [2.45, 2.75) is 20.5 Å². The number of rotatable bonds is 4. The predicted octanol–water partition coefficient (Wildman–Crippen LogP) is 1.19. The van der Waals surface area contributed by atoms with Gasteiger partial charge >= 0.3 is 5.97 Å². The number of hydrogen-bond acceptors (Lipinski definition) is 6. The smallest absolute Gasteiger partial charge is 0.347 e. The standard InChI is InChI=1S/C17H21N3O4/c1-10-6-12(8-21)7-11(2)14(10)20-9-18-15(19(3)4)13(16(20)22)17(23)24-5/h6-7,9,21H,8H2,1-5H3. The molecule has 2 aromatic rings. The van der Waals surface area contributed by atoms with Crippen LogP contribution in [0.3, 0.4) is 0 Å². The van der Waals surface area contributed by atoms with Crippen LogP contribution in [-0.2, 0) is 11.3 Å². The molecule has 1 aromatic heterocycles. The lowest BCUT2D eigenvalue weighted by Gasteiger charge is -2.18. The number of hydrogen-bond donors (Lipinski definition) is 1. The van der Waals surface area contributed by atoms with E-state index in [2.05, 4.69) is 4.98 Å². The number of anilines is 1. The van der Waals surface area contributed by atoms with Gasteiger partial charge < -0.3 is 14.7 Å². The summed E-state index contributed by atoms with van der Waals surface area (Å²) in [5.74, 6) is -0.474. The van der Waals surface area contributed by atoms with Gasteiger partial charge in [0.1, 0.15) is 12.1 Å². The molecule has 128 valence electrons. The van der Waals surface area contributed by atoms with Crippen LogP contribution in [0.5, 0.6) is 0 Å². The molecule has 0 spiro atoms. The number of aryl methyl sites for hydroxylation is 2. The normalized spacial score (nSPS) is 10.6. The van der Waals surface area contributed by atoms with Crippen LogP contribution in [0.4, 0.5) is 5.82 Å². The Balaban J connectivity index is 2.79. The molecule has 0 radical (unpaired) electrons. The highest BCUT2D eigenvalue weighted by Gasteiger charge is 2.23. The highest BCUT2D eigenvalue weighted by Crippen LogP contribution is 2.21. The van der Waals surface area contributed by atoms with Gasteiger partial charge in [0.05, 0.1) is 19.4 Å². The second kappa shape index (κ2) is 6.84. The molecule has 2 rings (SSSR count). The van der Waals surface area contributed by atoms with E-state index in [0.717, 1.165) is 16.7 Å². The fraction of sp³-hybridized carbons (Fsp3) is 0.353. The third-order valence-corrected chi connectivity index (χ3v) is 3.74. The largest absolute Gasteiger partial charge is 0.465 e. The van der Waals surface area contributed by atoms with Gasteiger partial charge in [-0.3, -0.25) is 9.36 Å². The van der Waals surface area contributed by atoms with Crippen molar-refractivity contribution in [2.75, 3.05) is 26.1 Å². The van der Waals surface area contributed by atoms with E-state index in [4.69, 9.17) is 4.74 Å². The summed E-state index contributed by atoms with van der Waals surface area (Å²) in [6.45, 7) is 3.60. The Hall–Kier alpha value is -2.67. The third kappa shape index (κ3) is 3.03. The number of aromatic nitrogens is 2. The Kier molecular flexibility index (Phi) is 5.04. The third-order valence-electron chi connectivity index (χ3n) is 3.74. The molecule has 0 saturated carbocycles. The number of aliphatic hydroxyl groups excluding tert-OH is 1. The molecule has 0 aliphatic carbocycles. The van der Waals surface area contributed by atoms with Crippen LogP contribution in [0, 0.1) is 13.8 Å². The summed E-state index contributed by atoms with van der Waals surface area (Å²) in [6.07, 6.45) is 1.40. The summed E-state index contributed by atoms with van der Waals surface area (Å²) in [7, 11) is 4.63. The van der Waals surface area contributed by atoms with Crippen molar-refractivity contribution < 1.29 is 14.6 Å². The zero-order chi connectivity index (χ0) is 18.0. The minimum Gasteiger partial charge on any atom is -0.465 e. The topological polar surface area (TPSA) is 84.7 Å². The van der Waals surface area contributed by atoms with Gasteiger partial charge in [-0.05, 0) is 30.5 Å². The van der Waals surface area contributed by atoms with Gasteiger partial charge in [0.25, 0.3) is 5.56 Å². The van der Waals surface area contributed by atoms with Crippen LogP contribution in [0.2, 0.25) is 0 Å². The van der Waals surface area contributed by atoms with Crippen molar-refractivity contribution in [1.29, 1.82) is 0 Å². The van der Waals surface area contributed by atoms with Gasteiger partial charge in [-0.1, -0.05) is 12.1 Å². The molecular formula is C17H21N3O4. The zero-order valence-electron chi connectivity index (χ0n) is 14.5. The molecule has 1 aromatic carbocycles. The molecule has 0 atom stereocenters. The lowest BCUT2D eigenvalue weighted by atomic mass is 10.0. The Bertz CT molecular complexity index is 817. The summed E-state index contributed by atoms with van der Waals surface area (Å²) >= 11 is 0. The molecule has 0 aliphatic rings. The van der Waals surface area contributed by atoms with E-state index in [0.29, 0.717) is 5.69 Å². The fourth-order valence-corrected chi connectivity index (χ4v) is 2.74. The van der Waals surface area contributed by atoms with Crippen LogP contribution in [0.15, 0.2) is 23.3 Å². The first-order chi connectivity index (χ1) is 11.3. The first kappa shape index (κ1) is 17.7. The molecule has 24 heavy (non-hydrogen) atoms. The molecule has 7 nitrogen and oxygen atoms in total. The molecule has 0 bridgehead atoms. The Morgan fingerprint density at radius 1 is 1.29 bits per heavy atom. The monoisotopic (exact) mass is 331 g/mol. The summed E-state index contributed by atoms with van der Waals surface area (Å²) < 4.78 is 6.08. The molecule has 0 amide bonds. The minimum atomic E-state index is -0.729. The van der Waals surface area contributed by atoms with E-state index in [-0.39, 0.29) is 18.0 Å². The van der Waals surface area contributed by atoms with Crippen molar-refractivity contribution in [3.8, 4) is 5.69 Å². The number of carbonyl (C=O) groups excluding carboxylic acids is 1. The van der Waals surface area contributed by atoms with Crippen LogP contribution in [-0.4, -0.2) is 41.8 Å². The van der Waals surface area contributed by atoms with Crippen molar-refractivity contribution >= 4 is 11.8 Å². The van der Waals surface area contributed by atoms with Gasteiger partial charge in [0.15, 0.2) is 5.56 Å². The summed E-state index contributed by atoms with van der Waals surface area (Å²) in [4.78, 5) is 30.8. The molecule has 0 fully saturated rings. The van der Waals surface area contributed by atoms with Crippen LogP contribution < -0.4 is 10.5 Å². The summed E-state index contributed by atoms with van der Waals surface area (Å²) in [5, 5.41) is 9.30. The second-order valence-electron chi connectivity index (χ2n) is 5.74. The molecular weight excluding hydrogens is 310 g/mol. The Labute approximate surface area is 140 Å². The molecule has 1 N–H and O–H groups in total. The van der Waals surface area contributed by atoms with Crippen molar-refractivity contribution in [1.82, 2.24) is 9.55 Å². The van der Waals surface area contributed by atoms with E-state index >= 15 is 0 Å². The zero-order valence-corrected chi connectivity index (χ0v) is 14.5. The SMILES string of the molecule is COC(=O)c1c(N(C)C)ncn(-c2c(C)cc(CO)cc2C)c1=O. The molecule has 0 aliphatic heterocycles. The maximum absolute atomic E-state index is 12.9. The van der Waals surface area contributed by atoms with E-state index in [1.807, 2.05) is 13.8 Å². The first-order valence-electron chi connectivity index (χ1n) is 7.40. The van der Waals surface area contributed by atoms with Gasteiger partial charge in [-0.15, -0.1) is 0 Å². The average molecular weight is 331 g/mol. The second-order valence-corrected chi connectivity index (χ2v) is 5.74. The van der Waals surface area contributed by atoms with Crippen molar-refractivity contribution in [3.63, 3.8) is 0 Å². The van der Waals surface area contributed by atoms with Gasteiger partial charge in [0.2, 0.25) is 0 Å². The summed E-state index contributed by atoms with van der Waals surface area (Å²) in [5.41, 5.74) is 2.39. The first-order valence-corrected chi connectivity index (χ1v) is 7.40. The van der Waals surface area contributed by atoms with E-state index in [1.54, 1.807) is 31.1 Å². The van der Waals surface area contributed by atoms with Crippen LogP contribution in [0.25, 0.3) is 5.69 Å². The number of carbonyl (C=O) groups is 1. The van der Waals surface area contributed by atoms with E-state index in [9.17, 15) is 14.7 Å². The molecule has 0 unspecified atom stereocenters. The van der Waals surface area contributed by atoms with Gasteiger partial charge in [-0.25, -0.2) is 9.78 Å². The maximum Gasteiger partial charge on any atom is 0.347 e. The average Bonchev–Trinajstić information content (AvgIpc) is 2.54. The maximum atomic E-state index is 12.9. The van der Waals surface area contributed by atoms with Crippen molar-refractivity contribution in [2.24, 2.45) is 0 Å². The van der Waals surface area contributed by atoms with E-state index in [1.165, 1.54) is 18.0 Å². The number of methoxy groups -OCH3 is 1. The van der Waals surface area contributed by atoms with Crippen LogP contribution in [0.1, 0.15) is 27.0 Å². The van der Waals surface area contributed by atoms with Gasteiger partial charge in [-0.2, -0.15) is 0 Å². The number of ether oxygens (including phenoxy) is 1. The highest BCUT2D eigenvalue weighted by molar-refractivity contribution is 5.94. The number of benzene rings is 1. The quantitative estimate of drug-likeness (QED) is 0.847. The van der Waals surface area contributed by atoms with E-state index < -0.39 is 11.5 Å². The number of nitrogens with zero attached hydrogens (tertiary/aromatic N) is 3. The lowest BCUT2D eigenvalue weighted by Crippen LogP contribution is -2.31. The molecule has 1 heterocycles. The highest BCUT2D eigenvalue weighted by atomic mass is 16.5. The lowest BCUT2D eigenvalue weighted by molar-refractivity contribution is 0.0598. The predicted molar refractivity (Wildman–Crippen MR) is 90.9 cm³/mol. The Morgan fingerprint density at radius 2 is 1.88 bits per heavy atom. The molecule has 7 heteroatoms. The number of esters is 1.